The molecule has 0 spiro atoms. The average Bonchev–Trinajstić information content (AvgIpc) is 2.64. The van der Waals surface area contributed by atoms with Crippen LogP contribution in [0.1, 0.15) is 5.56 Å². The lowest BCUT2D eigenvalue weighted by molar-refractivity contribution is -0.384. The Balaban J connectivity index is 1.78. The van der Waals surface area contributed by atoms with Crippen LogP contribution in [0, 0.1) is 10.1 Å². The van der Waals surface area contributed by atoms with Crippen molar-refractivity contribution < 1.29 is 19.2 Å². The maximum absolute atomic E-state index is 12.5. The summed E-state index contributed by atoms with van der Waals surface area (Å²) in [6, 6.07) is 13.5. The van der Waals surface area contributed by atoms with Crippen LogP contribution in [-0.4, -0.2) is 41.8 Å². The highest BCUT2D eigenvalue weighted by atomic mass is 16.6. The Morgan fingerprint density at radius 1 is 1.27 bits per heavy atom. The number of non-ortho nitro benzene ring substituents is 1. The van der Waals surface area contributed by atoms with Gasteiger partial charge in [0, 0.05) is 25.7 Å². The molecule has 2 aromatic carbocycles. The van der Waals surface area contributed by atoms with Crippen LogP contribution in [-0.2, 0) is 16.1 Å². The van der Waals surface area contributed by atoms with E-state index in [0.717, 1.165) is 5.56 Å². The molecule has 8 nitrogen and oxygen atoms in total. The lowest BCUT2D eigenvalue weighted by Crippen LogP contribution is -2.45. The van der Waals surface area contributed by atoms with Crippen LogP contribution in [0.4, 0.5) is 11.4 Å². The lowest BCUT2D eigenvalue weighted by atomic mass is 10.2. The summed E-state index contributed by atoms with van der Waals surface area (Å²) in [4.78, 5) is 37.9. The van der Waals surface area contributed by atoms with Crippen molar-refractivity contribution in [2.45, 2.75) is 6.54 Å². The van der Waals surface area contributed by atoms with Gasteiger partial charge in [-0.2, -0.15) is 0 Å². The van der Waals surface area contributed by atoms with Crippen molar-refractivity contribution in [2.75, 3.05) is 25.1 Å². The van der Waals surface area contributed by atoms with E-state index < -0.39 is 10.8 Å². The number of carbonyl (C=O) groups is 2. The molecule has 0 fully saturated rings. The fourth-order valence-electron chi connectivity index (χ4n) is 2.68. The third-order valence-corrected chi connectivity index (χ3v) is 4.08. The van der Waals surface area contributed by atoms with Gasteiger partial charge in [-0.25, -0.2) is 0 Å². The molecule has 8 heteroatoms. The van der Waals surface area contributed by atoms with Crippen LogP contribution in [0.2, 0.25) is 0 Å². The number of amides is 2. The molecule has 2 amide bonds. The number of nitro groups is 1. The number of benzene rings is 2. The Kier molecular flexibility index (Phi) is 4.83. The van der Waals surface area contributed by atoms with Gasteiger partial charge >= 0.3 is 0 Å². The van der Waals surface area contributed by atoms with Crippen molar-refractivity contribution in [3.8, 4) is 5.75 Å². The summed E-state index contributed by atoms with van der Waals surface area (Å²) in [5, 5.41) is 11.0. The van der Waals surface area contributed by atoms with E-state index in [1.165, 1.54) is 28.0 Å². The molecular formula is C18H17N3O5. The lowest BCUT2D eigenvalue weighted by Gasteiger charge is -2.30. The highest BCUT2D eigenvalue weighted by molar-refractivity contribution is 6.02. The van der Waals surface area contributed by atoms with Crippen LogP contribution in [0.3, 0.4) is 0 Å². The maximum Gasteiger partial charge on any atom is 0.271 e. The first kappa shape index (κ1) is 17.4. The maximum atomic E-state index is 12.5. The second-order valence-corrected chi connectivity index (χ2v) is 5.91. The quantitative estimate of drug-likeness (QED) is 0.604. The number of hydrogen-bond donors (Lipinski definition) is 0. The molecule has 134 valence electrons. The van der Waals surface area contributed by atoms with Crippen LogP contribution >= 0.6 is 0 Å². The summed E-state index contributed by atoms with van der Waals surface area (Å²) >= 11 is 0. The molecule has 2 aromatic rings. The number of hydrogen-bond acceptors (Lipinski definition) is 5. The van der Waals surface area contributed by atoms with Crippen molar-refractivity contribution in [1.82, 2.24) is 4.90 Å². The van der Waals surface area contributed by atoms with Crippen LogP contribution in [0.25, 0.3) is 0 Å². The van der Waals surface area contributed by atoms with Gasteiger partial charge in [0.05, 0.1) is 10.6 Å². The van der Waals surface area contributed by atoms with Gasteiger partial charge in [0.25, 0.3) is 11.6 Å². The predicted molar refractivity (Wildman–Crippen MR) is 93.9 cm³/mol. The van der Waals surface area contributed by atoms with Gasteiger partial charge < -0.3 is 9.64 Å². The molecule has 0 atom stereocenters. The second-order valence-electron chi connectivity index (χ2n) is 5.91. The molecule has 0 N–H and O–H groups in total. The zero-order valence-corrected chi connectivity index (χ0v) is 14.1. The Morgan fingerprint density at radius 2 is 2.00 bits per heavy atom. The first-order valence-electron chi connectivity index (χ1n) is 7.95. The minimum absolute atomic E-state index is 0.169. The van der Waals surface area contributed by atoms with Crippen molar-refractivity contribution in [3.63, 3.8) is 0 Å². The Morgan fingerprint density at radius 3 is 2.69 bits per heavy atom. The van der Waals surface area contributed by atoms with Crippen molar-refractivity contribution >= 4 is 23.2 Å². The summed E-state index contributed by atoms with van der Waals surface area (Å²) in [6.45, 7) is -0.0137. The first-order chi connectivity index (χ1) is 12.5. The monoisotopic (exact) mass is 355 g/mol. The van der Waals surface area contributed by atoms with Gasteiger partial charge in [0.1, 0.15) is 12.3 Å². The van der Waals surface area contributed by atoms with Gasteiger partial charge in [0.15, 0.2) is 6.61 Å². The van der Waals surface area contributed by atoms with E-state index >= 15 is 0 Å². The van der Waals surface area contributed by atoms with Gasteiger partial charge in [-0.3, -0.25) is 24.6 Å². The van der Waals surface area contributed by atoms with Gasteiger partial charge in [-0.05, 0) is 11.6 Å². The molecule has 1 heterocycles. The summed E-state index contributed by atoms with van der Waals surface area (Å²) in [5.74, 6) is -0.352. The van der Waals surface area contributed by atoms with E-state index in [4.69, 9.17) is 4.74 Å². The zero-order chi connectivity index (χ0) is 18.7. The molecule has 0 aromatic heterocycles. The zero-order valence-electron chi connectivity index (χ0n) is 14.1. The number of carbonyl (C=O) groups excluding carboxylic acids is 2. The minimum atomic E-state index is -0.555. The number of fused-ring (bicyclic) bond motifs is 1. The van der Waals surface area contributed by atoms with E-state index in [2.05, 4.69) is 0 Å². The first-order valence-corrected chi connectivity index (χ1v) is 7.95. The molecule has 0 saturated heterocycles. The van der Waals surface area contributed by atoms with Crippen molar-refractivity contribution in [1.29, 1.82) is 0 Å². The second kappa shape index (κ2) is 7.22. The number of ether oxygens (including phenoxy) is 1. The standard InChI is InChI=1S/C18H17N3O5/c1-19(10-13-5-3-2-4-6-13)17(22)11-20-15-9-14(21(24)25)7-8-16(15)26-12-18(20)23/h2-9H,10-12H2,1H3. The third-order valence-electron chi connectivity index (χ3n) is 4.08. The van der Waals surface area contributed by atoms with E-state index in [1.807, 2.05) is 30.3 Å². The van der Waals surface area contributed by atoms with Crippen LogP contribution < -0.4 is 9.64 Å². The number of likely N-dealkylation sites (N-methyl/N-ethyl adjacent to an activating group) is 1. The summed E-state index contributed by atoms with van der Waals surface area (Å²) in [6.07, 6.45) is 0. The van der Waals surface area contributed by atoms with E-state index in [0.29, 0.717) is 12.3 Å². The van der Waals surface area contributed by atoms with E-state index in [9.17, 15) is 19.7 Å². The molecular weight excluding hydrogens is 338 g/mol. The van der Waals surface area contributed by atoms with Crippen molar-refractivity contribution in [3.05, 3.63) is 64.2 Å². The highest BCUT2D eigenvalue weighted by Gasteiger charge is 2.30. The molecule has 26 heavy (non-hydrogen) atoms. The van der Waals surface area contributed by atoms with Gasteiger partial charge in [-0.15, -0.1) is 0 Å². The molecule has 0 bridgehead atoms. The average molecular weight is 355 g/mol. The van der Waals surface area contributed by atoms with Crippen molar-refractivity contribution in [2.24, 2.45) is 0 Å². The fourth-order valence-corrected chi connectivity index (χ4v) is 2.68. The largest absolute Gasteiger partial charge is 0.482 e. The fraction of sp³-hybridized carbons (Fsp3) is 0.222. The molecule has 0 aliphatic carbocycles. The molecule has 1 aliphatic rings. The summed E-state index contributed by atoms with van der Waals surface area (Å²) in [7, 11) is 1.65. The molecule has 0 unspecified atom stereocenters. The molecule has 0 radical (unpaired) electrons. The third kappa shape index (κ3) is 3.64. The van der Waals surface area contributed by atoms with Crippen LogP contribution in [0.5, 0.6) is 5.75 Å². The normalized spacial score (nSPS) is 13.0. The summed E-state index contributed by atoms with van der Waals surface area (Å²) in [5.41, 5.74) is 1.03. The number of anilines is 1. The predicted octanol–water partition coefficient (Wildman–Crippen LogP) is 1.98. The van der Waals surface area contributed by atoms with Gasteiger partial charge in [0.2, 0.25) is 5.91 Å². The molecule has 3 rings (SSSR count). The smallest absolute Gasteiger partial charge is 0.271 e. The number of nitrogens with zero attached hydrogens (tertiary/aromatic N) is 3. The Hall–Kier alpha value is -3.42. The van der Waals surface area contributed by atoms with Gasteiger partial charge in [-0.1, -0.05) is 30.3 Å². The molecule has 1 aliphatic heterocycles. The Labute approximate surface area is 149 Å². The number of nitro benzene ring substituents is 1. The van der Waals surface area contributed by atoms with E-state index in [1.54, 1.807) is 7.05 Å². The minimum Gasteiger partial charge on any atom is -0.482 e. The number of rotatable bonds is 5. The highest BCUT2D eigenvalue weighted by Crippen LogP contribution is 2.35. The molecule has 0 saturated carbocycles. The topological polar surface area (TPSA) is 93.0 Å². The Bertz CT molecular complexity index is 853. The van der Waals surface area contributed by atoms with Crippen LogP contribution in [0.15, 0.2) is 48.5 Å². The summed E-state index contributed by atoms with van der Waals surface area (Å²) < 4.78 is 5.30. The SMILES string of the molecule is CN(Cc1ccccc1)C(=O)CN1C(=O)COc2ccc([N+](=O)[O-])cc21. The van der Waals surface area contributed by atoms with E-state index in [-0.39, 0.29) is 30.4 Å².